The molecule has 0 aromatic carbocycles. The summed E-state index contributed by atoms with van der Waals surface area (Å²) in [6.07, 6.45) is 12.1. The molecule has 0 amide bonds. The highest BCUT2D eigenvalue weighted by Gasteiger charge is 2.23. The zero-order valence-electron chi connectivity index (χ0n) is 21.3. The molecule has 10 heteroatoms. The molecular weight excluding hydrogens is 463 g/mol. The molecule has 34 heavy (non-hydrogen) atoms. The van der Waals surface area contributed by atoms with E-state index in [-0.39, 0.29) is 13.2 Å². The van der Waals surface area contributed by atoms with E-state index in [0.29, 0.717) is 65.9 Å². The van der Waals surface area contributed by atoms with Crippen LogP contribution in [0.3, 0.4) is 0 Å². The van der Waals surface area contributed by atoms with Crippen molar-refractivity contribution in [2.45, 2.75) is 83.7 Å². The maximum atomic E-state index is 12.2. The summed E-state index contributed by atoms with van der Waals surface area (Å²) in [7, 11) is -4.11. The normalized spacial score (nSPS) is 21.8. The number of hydrogen-bond acceptors (Lipinski definition) is 8. The Bertz CT molecular complexity index is 465. The van der Waals surface area contributed by atoms with Crippen LogP contribution < -0.4 is 0 Å². The number of ether oxygens (including phenoxy) is 5. The summed E-state index contributed by atoms with van der Waals surface area (Å²) in [5, 5.41) is 0. The summed E-state index contributed by atoms with van der Waals surface area (Å²) in [6, 6.07) is 0. The first-order valence-electron chi connectivity index (χ1n) is 13.2. The summed E-state index contributed by atoms with van der Waals surface area (Å²) in [5.41, 5.74) is 0. The van der Waals surface area contributed by atoms with Crippen molar-refractivity contribution in [1.82, 2.24) is 0 Å². The molecule has 0 bridgehead atoms. The minimum Gasteiger partial charge on any atom is -0.379 e. The third-order valence-corrected chi connectivity index (χ3v) is 6.44. The van der Waals surface area contributed by atoms with Gasteiger partial charge in [0.2, 0.25) is 0 Å². The van der Waals surface area contributed by atoms with E-state index in [2.05, 4.69) is 6.92 Å². The summed E-state index contributed by atoms with van der Waals surface area (Å²) < 4.78 is 50.1. The highest BCUT2D eigenvalue weighted by atomic mass is 31.2. The molecule has 2 unspecified atom stereocenters. The first-order valence-corrected chi connectivity index (χ1v) is 14.7. The first kappa shape index (κ1) is 31.9. The summed E-state index contributed by atoms with van der Waals surface area (Å²) >= 11 is 0. The second-order valence-electron chi connectivity index (χ2n) is 8.51. The Kier molecular flexibility index (Phi) is 21.9. The fraction of sp³-hybridized carbons (Fsp3) is 1.00. The Morgan fingerprint density at radius 3 is 1.71 bits per heavy atom. The second-order valence-corrected chi connectivity index (χ2v) is 9.96. The van der Waals surface area contributed by atoms with Gasteiger partial charge in [-0.05, 0) is 12.8 Å². The Labute approximate surface area is 206 Å². The third kappa shape index (κ3) is 21.2. The highest BCUT2D eigenvalue weighted by Crippen LogP contribution is 2.43. The van der Waals surface area contributed by atoms with Gasteiger partial charge >= 0.3 is 7.82 Å². The third-order valence-electron chi connectivity index (χ3n) is 5.46. The predicted octanol–water partition coefficient (Wildman–Crippen LogP) is 4.90. The fourth-order valence-corrected chi connectivity index (χ4v) is 4.24. The van der Waals surface area contributed by atoms with Crippen LogP contribution in [0.15, 0.2) is 0 Å². The lowest BCUT2D eigenvalue weighted by molar-refractivity contribution is -0.0527. The molecule has 204 valence electrons. The standard InChI is InChI=1S/C24H49O9P/c1-2-3-4-5-6-7-8-9-10-11-13-32-34(25,26)33-23-24-12-14-27-15-16-28-17-18-29-19-20-30-21-22-31-24/h24H,2-23H2,1H3,(H,25,26). The van der Waals surface area contributed by atoms with Crippen LogP contribution in [0.1, 0.15) is 77.6 Å². The van der Waals surface area contributed by atoms with E-state index in [1.54, 1.807) is 0 Å². The molecule has 1 fully saturated rings. The average molecular weight is 513 g/mol. The van der Waals surface area contributed by atoms with Crippen molar-refractivity contribution in [3.05, 3.63) is 0 Å². The molecule has 1 saturated heterocycles. The van der Waals surface area contributed by atoms with E-state index in [0.717, 1.165) is 19.3 Å². The highest BCUT2D eigenvalue weighted by molar-refractivity contribution is 7.47. The maximum Gasteiger partial charge on any atom is 0.472 e. The van der Waals surface area contributed by atoms with Gasteiger partial charge < -0.3 is 28.6 Å². The van der Waals surface area contributed by atoms with Crippen molar-refractivity contribution < 1.29 is 42.2 Å². The van der Waals surface area contributed by atoms with Crippen LogP contribution in [0.5, 0.6) is 0 Å². The SMILES string of the molecule is CCCCCCCCCCCCOP(=O)(O)OCC1CCOCCOCCOCCOCCO1. The van der Waals surface area contributed by atoms with Crippen molar-refractivity contribution in [2.75, 3.05) is 72.7 Å². The minimum absolute atomic E-state index is 0.0468. The molecule has 9 nitrogen and oxygen atoms in total. The zero-order valence-corrected chi connectivity index (χ0v) is 22.2. The van der Waals surface area contributed by atoms with Crippen LogP contribution in [-0.4, -0.2) is 83.7 Å². The van der Waals surface area contributed by atoms with E-state index in [1.807, 2.05) is 0 Å². The van der Waals surface area contributed by atoms with E-state index in [4.69, 9.17) is 32.7 Å². The summed E-state index contributed by atoms with van der Waals surface area (Å²) in [4.78, 5) is 9.99. The number of phosphoric ester groups is 1. The van der Waals surface area contributed by atoms with E-state index >= 15 is 0 Å². The molecule has 2 atom stereocenters. The van der Waals surface area contributed by atoms with Gasteiger partial charge in [0.1, 0.15) is 0 Å². The predicted molar refractivity (Wildman–Crippen MR) is 131 cm³/mol. The van der Waals surface area contributed by atoms with Crippen LogP contribution >= 0.6 is 7.82 Å². The van der Waals surface area contributed by atoms with E-state index in [9.17, 15) is 9.46 Å². The molecule has 0 saturated carbocycles. The monoisotopic (exact) mass is 512 g/mol. The maximum absolute atomic E-state index is 12.2. The molecule has 1 rings (SSSR count). The van der Waals surface area contributed by atoms with E-state index in [1.165, 1.54) is 44.9 Å². The second kappa shape index (κ2) is 23.3. The van der Waals surface area contributed by atoms with Crippen LogP contribution in [0.4, 0.5) is 0 Å². The van der Waals surface area contributed by atoms with Crippen molar-refractivity contribution in [1.29, 1.82) is 0 Å². The van der Waals surface area contributed by atoms with Crippen molar-refractivity contribution >= 4 is 7.82 Å². The molecule has 1 N–H and O–H groups in total. The van der Waals surface area contributed by atoms with E-state index < -0.39 is 13.9 Å². The molecule has 0 spiro atoms. The number of phosphoric acid groups is 1. The zero-order chi connectivity index (χ0) is 24.6. The molecule has 0 aromatic rings. The molecule has 0 aliphatic carbocycles. The first-order chi connectivity index (χ1) is 16.6. The lowest BCUT2D eigenvalue weighted by Crippen LogP contribution is -2.24. The van der Waals surface area contributed by atoms with Crippen molar-refractivity contribution in [3.63, 3.8) is 0 Å². The average Bonchev–Trinajstić information content (AvgIpc) is 2.82. The molecule has 0 aromatic heterocycles. The fourth-order valence-electron chi connectivity index (χ4n) is 3.45. The minimum atomic E-state index is -4.11. The van der Waals surface area contributed by atoms with Gasteiger partial charge in [-0.25, -0.2) is 4.57 Å². The van der Waals surface area contributed by atoms with Gasteiger partial charge in [0, 0.05) is 6.61 Å². The Balaban J connectivity index is 2.16. The van der Waals surface area contributed by atoms with Gasteiger partial charge in [0.05, 0.1) is 72.2 Å². The summed E-state index contributed by atoms with van der Waals surface area (Å²) in [5.74, 6) is 0. The summed E-state index contributed by atoms with van der Waals surface area (Å²) in [6.45, 7) is 6.58. The van der Waals surface area contributed by atoms with Gasteiger partial charge in [-0.15, -0.1) is 0 Å². The van der Waals surface area contributed by atoms with Crippen LogP contribution in [0.2, 0.25) is 0 Å². The lowest BCUT2D eigenvalue weighted by Gasteiger charge is -2.20. The van der Waals surface area contributed by atoms with Crippen LogP contribution in [0, 0.1) is 0 Å². The lowest BCUT2D eigenvalue weighted by atomic mass is 10.1. The number of unbranched alkanes of at least 4 members (excludes halogenated alkanes) is 9. The molecule has 0 radical (unpaired) electrons. The largest absolute Gasteiger partial charge is 0.472 e. The quantitative estimate of drug-likeness (QED) is 0.242. The van der Waals surface area contributed by atoms with Gasteiger partial charge in [-0.1, -0.05) is 64.7 Å². The number of hydrogen-bond donors (Lipinski definition) is 1. The smallest absolute Gasteiger partial charge is 0.379 e. The van der Waals surface area contributed by atoms with Gasteiger partial charge in [-0.2, -0.15) is 0 Å². The topological polar surface area (TPSA) is 102 Å². The Morgan fingerprint density at radius 1 is 0.676 bits per heavy atom. The molecule has 1 heterocycles. The van der Waals surface area contributed by atoms with Gasteiger partial charge in [0.15, 0.2) is 0 Å². The Hall–Kier alpha value is -0.0900. The molecule has 1 aliphatic rings. The van der Waals surface area contributed by atoms with Crippen molar-refractivity contribution in [3.8, 4) is 0 Å². The van der Waals surface area contributed by atoms with Crippen molar-refractivity contribution in [2.24, 2.45) is 0 Å². The van der Waals surface area contributed by atoms with Crippen LogP contribution in [-0.2, 0) is 37.3 Å². The molecular formula is C24H49O9P. The van der Waals surface area contributed by atoms with Crippen LogP contribution in [0.25, 0.3) is 0 Å². The van der Waals surface area contributed by atoms with Gasteiger partial charge in [0.25, 0.3) is 0 Å². The molecule has 1 aliphatic heterocycles. The Morgan fingerprint density at radius 2 is 1.15 bits per heavy atom. The van der Waals surface area contributed by atoms with Gasteiger partial charge in [-0.3, -0.25) is 9.05 Å². The number of rotatable bonds is 15.